The third-order valence-corrected chi connectivity index (χ3v) is 11.7. The highest BCUT2D eigenvalue weighted by Gasteiger charge is 2.69. The molecule has 3 aliphatic heterocycles. The van der Waals surface area contributed by atoms with Crippen molar-refractivity contribution in [3.05, 3.63) is 81.5 Å². The van der Waals surface area contributed by atoms with E-state index >= 15 is 0 Å². The fourth-order valence-corrected chi connectivity index (χ4v) is 10.1. The molecule has 1 aromatic rings. The SMILES string of the molecule is CCC/C=C1\OC(=O)C2=C([C@H](CN3C(=O)C=CC3=O)c3ccnc(N)c3)[C@H]3CC[C@]21[C@H]1C2=C4C(=C(CCC)CC[C@@H]4C[C@@H]31)OC2=O. The standard InChI is InChI=1S/C37H39N3O6/c1-3-5-7-25-37-14-12-22(23-16-21-9-8-19(6-4-2)34-29(21)31(32(23)37)35(43)46-34)30(33(37)36(44)45-25)24(20-13-15-39-26(38)17-20)18-40-27(41)10-11-28(40)42/h7,10-11,13,15,17,21-24,32H,3-6,8-9,12,14,16,18H2,1-2H3,(H2,38,39)/b25-7-/t21-,22+,23+,24-,32-,37+/m1/s1. The molecule has 2 bridgehead atoms. The Hall–Kier alpha value is -4.27. The Kier molecular flexibility index (Phi) is 6.74. The number of rotatable bonds is 8. The lowest BCUT2D eigenvalue weighted by molar-refractivity contribution is -0.137. The number of imide groups is 1. The summed E-state index contributed by atoms with van der Waals surface area (Å²) in [6.45, 7) is 4.32. The number of fused-ring (bicyclic) bond motifs is 1. The van der Waals surface area contributed by atoms with E-state index in [-0.39, 0.29) is 48.0 Å². The molecule has 6 atom stereocenters. The van der Waals surface area contributed by atoms with Crippen molar-refractivity contribution in [1.82, 2.24) is 9.88 Å². The first-order chi connectivity index (χ1) is 22.3. The zero-order chi connectivity index (χ0) is 31.9. The predicted molar refractivity (Wildman–Crippen MR) is 168 cm³/mol. The van der Waals surface area contributed by atoms with Crippen LogP contribution in [0.2, 0.25) is 0 Å². The number of amides is 2. The molecule has 1 spiro atoms. The largest absolute Gasteiger partial charge is 0.427 e. The van der Waals surface area contributed by atoms with Gasteiger partial charge in [0.2, 0.25) is 0 Å². The molecule has 0 radical (unpaired) electrons. The van der Waals surface area contributed by atoms with Gasteiger partial charge in [0.15, 0.2) is 0 Å². The van der Waals surface area contributed by atoms with Crippen LogP contribution in [0.3, 0.4) is 0 Å². The molecular weight excluding hydrogens is 582 g/mol. The van der Waals surface area contributed by atoms with Crippen molar-refractivity contribution < 1.29 is 28.7 Å². The second kappa shape index (κ2) is 10.6. The Morgan fingerprint density at radius 2 is 1.87 bits per heavy atom. The van der Waals surface area contributed by atoms with Crippen LogP contribution < -0.4 is 5.73 Å². The van der Waals surface area contributed by atoms with E-state index in [4.69, 9.17) is 15.2 Å². The van der Waals surface area contributed by atoms with E-state index in [1.807, 2.05) is 6.07 Å². The number of pyridine rings is 1. The Labute approximate surface area is 268 Å². The van der Waals surface area contributed by atoms with Crippen molar-refractivity contribution in [2.45, 2.75) is 77.6 Å². The number of nitrogens with zero attached hydrogens (tertiary/aromatic N) is 2. The van der Waals surface area contributed by atoms with Gasteiger partial charge in [-0.05, 0) is 97.6 Å². The monoisotopic (exact) mass is 621 g/mol. The number of carbonyl (C=O) groups excluding carboxylic acids is 4. The third-order valence-electron chi connectivity index (χ3n) is 11.7. The Balaban J connectivity index is 1.37. The summed E-state index contributed by atoms with van der Waals surface area (Å²) in [4.78, 5) is 59.5. The first-order valence-electron chi connectivity index (χ1n) is 16.9. The van der Waals surface area contributed by atoms with E-state index in [2.05, 4.69) is 24.9 Å². The Bertz CT molecular complexity index is 1740. The fourth-order valence-electron chi connectivity index (χ4n) is 10.1. The third kappa shape index (κ3) is 3.96. The highest BCUT2D eigenvalue weighted by Crippen LogP contribution is 2.72. The first kappa shape index (κ1) is 29.2. The van der Waals surface area contributed by atoms with Gasteiger partial charge in [-0.15, -0.1) is 0 Å². The van der Waals surface area contributed by atoms with E-state index in [0.717, 1.165) is 79.4 Å². The average Bonchev–Trinajstić information content (AvgIpc) is 3.67. The molecule has 2 N–H and O–H groups in total. The number of hydrogen-bond donors (Lipinski definition) is 1. The molecular formula is C37H39N3O6. The van der Waals surface area contributed by atoms with Crippen molar-refractivity contribution in [1.29, 1.82) is 0 Å². The van der Waals surface area contributed by atoms with E-state index < -0.39 is 17.3 Å². The minimum absolute atomic E-state index is 0.0491. The maximum absolute atomic E-state index is 14.3. The number of carbonyl (C=O) groups is 4. The summed E-state index contributed by atoms with van der Waals surface area (Å²) in [5, 5.41) is 0. The number of cyclic esters (lactones) is 1. The predicted octanol–water partition coefficient (Wildman–Crippen LogP) is 5.57. The van der Waals surface area contributed by atoms with Crippen molar-refractivity contribution in [2.75, 3.05) is 12.3 Å². The molecule has 1 saturated heterocycles. The molecule has 5 aliphatic carbocycles. The Morgan fingerprint density at radius 3 is 2.61 bits per heavy atom. The molecule has 9 nitrogen and oxygen atoms in total. The number of nitrogens with two attached hydrogens (primary N) is 1. The molecule has 46 heavy (non-hydrogen) atoms. The van der Waals surface area contributed by atoms with Gasteiger partial charge in [-0.3, -0.25) is 14.5 Å². The van der Waals surface area contributed by atoms with Crippen LogP contribution in [-0.4, -0.2) is 40.2 Å². The molecule has 4 heterocycles. The minimum atomic E-state index is -0.820. The summed E-state index contributed by atoms with van der Waals surface area (Å²) >= 11 is 0. The van der Waals surface area contributed by atoms with Gasteiger partial charge in [0.05, 0.1) is 11.0 Å². The van der Waals surface area contributed by atoms with Crippen LogP contribution in [0, 0.1) is 29.1 Å². The van der Waals surface area contributed by atoms with Crippen LogP contribution in [0.15, 0.2) is 75.9 Å². The quantitative estimate of drug-likeness (QED) is 0.295. The first-order valence-corrected chi connectivity index (χ1v) is 16.9. The maximum atomic E-state index is 14.3. The van der Waals surface area contributed by atoms with Crippen LogP contribution in [0.4, 0.5) is 5.82 Å². The van der Waals surface area contributed by atoms with Crippen LogP contribution in [0.5, 0.6) is 0 Å². The summed E-state index contributed by atoms with van der Waals surface area (Å²) < 4.78 is 12.4. The highest BCUT2D eigenvalue weighted by molar-refractivity contribution is 6.13. The van der Waals surface area contributed by atoms with Crippen LogP contribution in [-0.2, 0) is 28.7 Å². The molecule has 0 aromatic carbocycles. The minimum Gasteiger partial charge on any atom is -0.427 e. The second-order valence-corrected chi connectivity index (χ2v) is 13.9. The van der Waals surface area contributed by atoms with Gasteiger partial charge in [-0.25, -0.2) is 14.6 Å². The van der Waals surface area contributed by atoms with Crippen molar-refractivity contribution >= 4 is 29.6 Å². The molecule has 238 valence electrons. The summed E-state index contributed by atoms with van der Waals surface area (Å²) in [6, 6.07) is 3.64. The lowest BCUT2D eigenvalue weighted by atomic mass is 9.42. The maximum Gasteiger partial charge on any atom is 0.340 e. The molecule has 2 fully saturated rings. The lowest BCUT2D eigenvalue weighted by Gasteiger charge is -2.58. The van der Waals surface area contributed by atoms with E-state index in [0.29, 0.717) is 23.6 Å². The normalized spacial score (nSPS) is 32.4. The van der Waals surface area contributed by atoms with E-state index in [9.17, 15) is 19.2 Å². The molecule has 9 heteroatoms. The van der Waals surface area contributed by atoms with Gasteiger partial charge < -0.3 is 15.2 Å². The molecule has 2 amide bonds. The molecule has 1 aromatic heterocycles. The lowest BCUT2D eigenvalue weighted by Crippen LogP contribution is -2.54. The average molecular weight is 622 g/mol. The number of hydrogen-bond acceptors (Lipinski definition) is 8. The highest BCUT2D eigenvalue weighted by atomic mass is 16.6. The number of allylic oxidation sites excluding steroid dienone is 4. The summed E-state index contributed by atoms with van der Waals surface area (Å²) in [5.41, 5.74) is 10.8. The van der Waals surface area contributed by atoms with Gasteiger partial charge in [0, 0.05) is 47.9 Å². The zero-order valence-electron chi connectivity index (χ0n) is 26.3. The second-order valence-electron chi connectivity index (χ2n) is 13.9. The van der Waals surface area contributed by atoms with E-state index in [1.165, 1.54) is 22.6 Å². The smallest absolute Gasteiger partial charge is 0.340 e. The number of esters is 2. The summed E-state index contributed by atoms with van der Waals surface area (Å²) in [5.74, 6) is -0.145. The summed E-state index contributed by atoms with van der Waals surface area (Å²) in [6.07, 6.45) is 14.1. The Morgan fingerprint density at radius 1 is 1.07 bits per heavy atom. The van der Waals surface area contributed by atoms with Crippen LogP contribution in [0.25, 0.3) is 0 Å². The molecule has 0 unspecified atom stereocenters. The van der Waals surface area contributed by atoms with Gasteiger partial charge in [-0.1, -0.05) is 26.7 Å². The number of anilines is 1. The number of unbranched alkanes of at least 4 members (excludes halogenated alkanes) is 1. The number of aromatic nitrogens is 1. The van der Waals surface area contributed by atoms with Crippen molar-refractivity contribution in [3.63, 3.8) is 0 Å². The number of nitrogen functional groups attached to an aromatic ring is 1. The number of ether oxygens (including phenoxy) is 2. The molecule has 8 aliphatic rings. The van der Waals surface area contributed by atoms with E-state index in [1.54, 1.807) is 12.3 Å². The van der Waals surface area contributed by atoms with Crippen molar-refractivity contribution in [2.24, 2.45) is 29.1 Å². The van der Waals surface area contributed by atoms with Crippen LogP contribution in [0.1, 0.15) is 83.1 Å². The van der Waals surface area contributed by atoms with Crippen molar-refractivity contribution in [3.8, 4) is 0 Å². The van der Waals surface area contributed by atoms with Gasteiger partial charge in [-0.2, -0.15) is 0 Å². The topological polar surface area (TPSA) is 129 Å². The van der Waals surface area contributed by atoms with Gasteiger partial charge in [0.25, 0.3) is 11.8 Å². The molecule has 9 rings (SSSR count). The van der Waals surface area contributed by atoms with Gasteiger partial charge in [0.1, 0.15) is 17.3 Å². The molecule has 1 saturated carbocycles. The fraction of sp³-hybridized carbons (Fsp3) is 0.486. The van der Waals surface area contributed by atoms with Gasteiger partial charge >= 0.3 is 11.9 Å². The zero-order valence-corrected chi connectivity index (χ0v) is 26.3. The van der Waals surface area contributed by atoms with Crippen LogP contribution >= 0.6 is 0 Å². The summed E-state index contributed by atoms with van der Waals surface area (Å²) in [7, 11) is 0.